The summed E-state index contributed by atoms with van der Waals surface area (Å²) in [5.41, 5.74) is 7.98. The molecule has 0 radical (unpaired) electrons. The monoisotopic (exact) mass is 352 g/mol. The molecule has 3 N–H and O–H groups in total. The molecule has 0 aromatic carbocycles. The number of aryl methyl sites for hydroxylation is 1. The Morgan fingerprint density at radius 2 is 2.12 bits per heavy atom. The predicted molar refractivity (Wildman–Crippen MR) is 94.5 cm³/mol. The summed E-state index contributed by atoms with van der Waals surface area (Å²) in [6.45, 7) is 1.19. The highest BCUT2D eigenvalue weighted by molar-refractivity contribution is 5.93. The van der Waals surface area contributed by atoms with Crippen LogP contribution in [-0.4, -0.2) is 38.4 Å². The molecule has 0 bridgehead atoms. The first-order valence-corrected chi connectivity index (χ1v) is 8.68. The molecule has 1 amide bonds. The van der Waals surface area contributed by atoms with Gasteiger partial charge in [-0.3, -0.25) is 14.6 Å². The third kappa shape index (κ3) is 2.39. The molecule has 2 aromatic rings. The van der Waals surface area contributed by atoms with Crippen LogP contribution < -0.4 is 11.3 Å². The molecule has 8 heteroatoms. The fraction of sp³-hybridized carbons (Fsp3) is 0.444. The SMILES string of the molecule is Cn1cc(C#N)cc1C(=O)N1CCC2(CCc3c2nc(N)[nH]c3=O)CC1. The van der Waals surface area contributed by atoms with Crippen LogP contribution >= 0.6 is 0 Å². The number of aromatic amines is 1. The highest BCUT2D eigenvalue weighted by Crippen LogP contribution is 2.44. The molecule has 0 unspecified atom stereocenters. The maximum Gasteiger partial charge on any atom is 0.270 e. The number of nitrogen functional groups attached to an aromatic ring is 1. The first kappa shape index (κ1) is 16.4. The van der Waals surface area contributed by atoms with E-state index in [9.17, 15) is 9.59 Å². The molecule has 1 aliphatic heterocycles. The summed E-state index contributed by atoms with van der Waals surface area (Å²) in [6.07, 6.45) is 4.75. The number of nitriles is 1. The molecule has 2 aliphatic rings. The van der Waals surface area contributed by atoms with Crippen LogP contribution in [0.1, 0.15) is 46.6 Å². The van der Waals surface area contributed by atoms with E-state index in [0.717, 1.165) is 30.5 Å². The molecule has 0 atom stereocenters. The van der Waals surface area contributed by atoms with Crippen molar-refractivity contribution in [3.63, 3.8) is 0 Å². The standard InChI is InChI=1S/C18H20N6O2/c1-23-10-11(9-19)8-13(23)16(26)24-6-4-18(5-7-24)3-2-12-14(18)21-17(20)22-15(12)25/h8,10H,2-7H2,1H3,(H3,20,21,22,25). The van der Waals surface area contributed by atoms with Crippen molar-refractivity contribution in [2.24, 2.45) is 7.05 Å². The lowest BCUT2D eigenvalue weighted by molar-refractivity contribution is 0.0654. The average molecular weight is 352 g/mol. The molecule has 8 nitrogen and oxygen atoms in total. The minimum Gasteiger partial charge on any atom is -0.369 e. The van der Waals surface area contributed by atoms with Crippen LogP contribution in [0.5, 0.6) is 0 Å². The van der Waals surface area contributed by atoms with Crippen molar-refractivity contribution in [2.75, 3.05) is 18.8 Å². The van der Waals surface area contributed by atoms with E-state index >= 15 is 0 Å². The Labute approximate surface area is 150 Å². The topological polar surface area (TPSA) is 121 Å². The summed E-state index contributed by atoms with van der Waals surface area (Å²) in [5, 5.41) is 9.01. The summed E-state index contributed by atoms with van der Waals surface area (Å²) in [4.78, 5) is 33.7. The van der Waals surface area contributed by atoms with Crippen molar-refractivity contribution in [3.8, 4) is 6.07 Å². The van der Waals surface area contributed by atoms with Gasteiger partial charge in [0.2, 0.25) is 5.95 Å². The molecule has 0 saturated carbocycles. The first-order valence-electron chi connectivity index (χ1n) is 8.68. The molecule has 3 heterocycles. The number of nitrogens with two attached hydrogens (primary N) is 1. The zero-order valence-corrected chi connectivity index (χ0v) is 14.6. The van der Waals surface area contributed by atoms with E-state index in [-0.39, 0.29) is 22.8 Å². The smallest absolute Gasteiger partial charge is 0.270 e. The molecule has 1 fully saturated rings. The number of anilines is 1. The number of piperidine rings is 1. The maximum absolute atomic E-state index is 12.8. The van der Waals surface area contributed by atoms with Gasteiger partial charge in [0.1, 0.15) is 11.8 Å². The Morgan fingerprint density at radius 1 is 1.38 bits per heavy atom. The van der Waals surface area contributed by atoms with Gasteiger partial charge in [-0.2, -0.15) is 5.26 Å². The van der Waals surface area contributed by atoms with E-state index < -0.39 is 0 Å². The Balaban J connectivity index is 1.56. The zero-order valence-electron chi connectivity index (χ0n) is 14.6. The van der Waals surface area contributed by atoms with Gasteiger partial charge in [0, 0.05) is 37.3 Å². The van der Waals surface area contributed by atoms with Gasteiger partial charge in [-0.1, -0.05) is 0 Å². The molecule has 1 spiro atoms. The van der Waals surface area contributed by atoms with Gasteiger partial charge in [0.25, 0.3) is 11.5 Å². The quantitative estimate of drug-likeness (QED) is 0.782. The fourth-order valence-corrected chi connectivity index (χ4v) is 4.29. The molecule has 4 rings (SSSR count). The molecule has 2 aromatic heterocycles. The van der Waals surface area contributed by atoms with Gasteiger partial charge in [-0.05, 0) is 31.7 Å². The van der Waals surface area contributed by atoms with Crippen LogP contribution in [0.4, 0.5) is 5.95 Å². The number of nitrogens with zero attached hydrogens (tertiary/aromatic N) is 4. The van der Waals surface area contributed by atoms with Crippen molar-refractivity contribution < 1.29 is 4.79 Å². The van der Waals surface area contributed by atoms with Crippen LogP contribution in [0.25, 0.3) is 0 Å². The predicted octanol–water partition coefficient (Wildman–Crippen LogP) is 0.682. The van der Waals surface area contributed by atoms with E-state index in [2.05, 4.69) is 16.0 Å². The third-order valence-electron chi connectivity index (χ3n) is 5.75. The molecule has 134 valence electrons. The highest BCUT2D eigenvalue weighted by Gasteiger charge is 2.44. The van der Waals surface area contributed by atoms with Crippen LogP contribution in [0.2, 0.25) is 0 Å². The Morgan fingerprint density at radius 3 is 2.77 bits per heavy atom. The molecule has 26 heavy (non-hydrogen) atoms. The van der Waals surface area contributed by atoms with Gasteiger partial charge in [0.05, 0.1) is 11.3 Å². The van der Waals surface area contributed by atoms with Crippen molar-refractivity contribution in [1.82, 2.24) is 19.4 Å². The minimum absolute atomic E-state index is 0.0690. The number of aromatic nitrogens is 3. The molecule has 1 aliphatic carbocycles. The number of fused-ring (bicyclic) bond motifs is 2. The Bertz CT molecular complexity index is 988. The lowest BCUT2D eigenvalue weighted by atomic mass is 9.76. The van der Waals surface area contributed by atoms with Crippen LogP contribution in [0.15, 0.2) is 17.1 Å². The number of rotatable bonds is 1. The van der Waals surface area contributed by atoms with Crippen molar-refractivity contribution >= 4 is 11.9 Å². The van der Waals surface area contributed by atoms with Crippen molar-refractivity contribution in [1.29, 1.82) is 5.26 Å². The highest BCUT2D eigenvalue weighted by atomic mass is 16.2. The number of hydrogen-bond donors (Lipinski definition) is 2. The van der Waals surface area contributed by atoms with Gasteiger partial charge >= 0.3 is 0 Å². The number of hydrogen-bond acceptors (Lipinski definition) is 5. The number of likely N-dealkylation sites (tertiary alicyclic amines) is 1. The zero-order chi connectivity index (χ0) is 18.5. The average Bonchev–Trinajstić information content (AvgIpc) is 3.17. The second-order valence-corrected chi connectivity index (χ2v) is 7.19. The largest absolute Gasteiger partial charge is 0.369 e. The van der Waals surface area contributed by atoms with Gasteiger partial charge in [-0.15, -0.1) is 0 Å². The molecular formula is C18H20N6O2. The summed E-state index contributed by atoms with van der Waals surface area (Å²) in [6, 6.07) is 3.69. The van der Waals surface area contributed by atoms with E-state index in [1.165, 1.54) is 0 Å². The normalized spacial score (nSPS) is 17.9. The van der Waals surface area contributed by atoms with Gasteiger partial charge in [0.15, 0.2) is 0 Å². The van der Waals surface area contributed by atoms with E-state index in [1.807, 2.05) is 4.90 Å². The second kappa shape index (κ2) is 5.73. The van der Waals surface area contributed by atoms with Crippen LogP contribution in [0.3, 0.4) is 0 Å². The lowest BCUT2D eigenvalue weighted by Crippen LogP contribution is -2.45. The number of carbonyl (C=O) groups is 1. The summed E-state index contributed by atoms with van der Waals surface area (Å²) < 4.78 is 1.69. The second-order valence-electron chi connectivity index (χ2n) is 7.19. The lowest BCUT2D eigenvalue weighted by Gasteiger charge is -2.39. The van der Waals surface area contributed by atoms with Crippen LogP contribution in [0, 0.1) is 11.3 Å². The maximum atomic E-state index is 12.8. The fourth-order valence-electron chi connectivity index (χ4n) is 4.29. The Kier molecular flexibility index (Phi) is 3.61. The minimum atomic E-state index is -0.166. The summed E-state index contributed by atoms with van der Waals surface area (Å²) in [7, 11) is 1.77. The number of amides is 1. The first-order chi connectivity index (χ1) is 12.4. The summed E-state index contributed by atoms with van der Waals surface area (Å²) >= 11 is 0. The summed E-state index contributed by atoms with van der Waals surface area (Å²) in [5.74, 6) is 0.0850. The molecular weight excluding hydrogens is 332 g/mol. The van der Waals surface area contributed by atoms with E-state index in [1.54, 1.807) is 23.9 Å². The third-order valence-corrected chi connectivity index (χ3v) is 5.75. The Hall–Kier alpha value is -3.08. The number of H-pyrrole nitrogens is 1. The van der Waals surface area contributed by atoms with Gasteiger partial charge in [-0.25, -0.2) is 4.98 Å². The van der Waals surface area contributed by atoms with Gasteiger partial charge < -0.3 is 15.2 Å². The van der Waals surface area contributed by atoms with Crippen LogP contribution in [-0.2, 0) is 18.9 Å². The van der Waals surface area contributed by atoms with E-state index in [0.29, 0.717) is 30.8 Å². The van der Waals surface area contributed by atoms with Crippen molar-refractivity contribution in [2.45, 2.75) is 31.1 Å². The van der Waals surface area contributed by atoms with E-state index in [4.69, 9.17) is 11.0 Å². The number of carbonyl (C=O) groups excluding carboxylic acids is 1. The number of nitrogens with one attached hydrogen (secondary N) is 1. The van der Waals surface area contributed by atoms with Crippen molar-refractivity contribution in [3.05, 3.63) is 45.1 Å². The molecule has 1 saturated heterocycles.